The standard InChI is InChI=1S/C8H5FN4O4S2/c9-5-2-1-4(7(14)15)3-6(5)19(16,17)11-8-10-12-13-18-8/h1-3H,(H,14,15)(H,10,11,13). The maximum atomic E-state index is 13.5. The van der Waals surface area contributed by atoms with E-state index in [1.807, 2.05) is 4.72 Å². The molecule has 1 aromatic carbocycles. The zero-order valence-electron chi connectivity index (χ0n) is 8.94. The smallest absolute Gasteiger partial charge is 0.335 e. The summed E-state index contributed by atoms with van der Waals surface area (Å²) >= 11 is 0.660. The summed E-state index contributed by atoms with van der Waals surface area (Å²) in [7, 11) is -4.29. The van der Waals surface area contributed by atoms with E-state index in [1.165, 1.54) is 0 Å². The van der Waals surface area contributed by atoms with Gasteiger partial charge in [-0.05, 0) is 23.4 Å². The molecule has 100 valence electrons. The van der Waals surface area contributed by atoms with E-state index in [2.05, 4.69) is 14.8 Å². The molecule has 0 radical (unpaired) electrons. The number of halogens is 1. The summed E-state index contributed by atoms with van der Waals surface area (Å²) in [6.07, 6.45) is 0. The molecule has 8 nitrogen and oxygen atoms in total. The summed E-state index contributed by atoms with van der Waals surface area (Å²) in [5, 5.41) is 15.1. The molecule has 1 aromatic heterocycles. The van der Waals surface area contributed by atoms with E-state index in [-0.39, 0.29) is 10.7 Å². The number of carboxylic acid groups (broad SMARTS) is 1. The molecule has 0 aliphatic carbocycles. The van der Waals surface area contributed by atoms with Gasteiger partial charge in [0, 0.05) is 11.5 Å². The van der Waals surface area contributed by atoms with Gasteiger partial charge in [-0.25, -0.2) is 17.6 Å². The van der Waals surface area contributed by atoms with Crippen LogP contribution in [0.2, 0.25) is 0 Å². The first-order chi connectivity index (χ1) is 8.90. The minimum atomic E-state index is -4.29. The summed E-state index contributed by atoms with van der Waals surface area (Å²) in [4.78, 5) is 9.95. The molecule has 2 N–H and O–H groups in total. The van der Waals surface area contributed by atoms with Crippen molar-refractivity contribution in [1.29, 1.82) is 0 Å². The number of sulfonamides is 1. The van der Waals surface area contributed by atoms with Gasteiger partial charge in [-0.2, -0.15) is 0 Å². The first kappa shape index (κ1) is 13.3. The van der Waals surface area contributed by atoms with Crippen molar-refractivity contribution in [2.24, 2.45) is 0 Å². The van der Waals surface area contributed by atoms with Crippen molar-refractivity contribution < 1.29 is 22.7 Å². The van der Waals surface area contributed by atoms with Crippen LogP contribution in [0.3, 0.4) is 0 Å². The molecule has 2 rings (SSSR count). The molecule has 0 aliphatic rings. The summed E-state index contributed by atoms with van der Waals surface area (Å²) in [5.41, 5.74) is -0.350. The average Bonchev–Trinajstić information content (AvgIpc) is 2.81. The maximum absolute atomic E-state index is 13.5. The molecule has 11 heteroatoms. The number of benzene rings is 1. The van der Waals surface area contributed by atoms with E-state index in [0.29, 0.717) is 17.6 Å². The summed E-state index contributed by atoms with van der Waals surface area (Å²) in [6.45, 7) is 0. The third-order valence-corrected chi connectivity index (χ3v) is 3.98. The third kappa shape index (κ3) is 2.82. The second-order valence-corrected chi connectivity index (χ2v) is 5.61. The highest BCUT2D eigenvalue weighted by Crippen LogP contribution is 2.20. The second-order valence-electron chi connectivity index (χ2n) is 3.22. The molecule has 2 aromatic rings. The lowest BCUT2D eigenvalue weighted by molar-refractivity contribution is 0.0696. The van der Waals surface area contributed by atoms with Crippen molar-refractivity contribution >= 4 is 32.7 Å². The Morgan fingerprint density at radius 1 is 1.42 bits per heavy atom. The molecule has 0 saturated heterocycles. The molecule has 0 fully saturated rings. The van der Waals surface area contributed by atoms with E-state index < -0.39 is 26.7 Å². The van der Waals surface area contributed by atoms with Gasteiger partial charge in [-0.15, -0.1) is 0 Å². The van der Waals surface area contributed by atoms with E-state index in [0.717, 1.165) is 12.1 Å². The fourth-order valence-electron chi connectivity index (χ4n) is 1.19. The van der Waals surface area contributed by atoms with E-state index >= 15 is 0 Å². The van der Waals surface area contributed by atoms with Gasteiger partial charge in [-0.1, -0.05) is 9.59 Å². The lowest BCUT2D eigenvalue weighted by Gasteiger charge is -2.06. The zero-order valence-corrected chi connectivity index (χ0v) is 10.6. The number of anilines is 1. The SMILES string of the molecule is O=C(O)c1ccc(F)c(S(=O)(=O)Nc2nnns2)c1. The minimum absolute atomic E-state index is 0.153. The largest absolute Gasteiger partial charge is 0.478 e. The number of hydrogen-bond acceptors (Lipinski definition) is 7. The fourth-order valence-corrected chi connectivity index (χ4v) is 2.87. The van der Waals surface area contributed by atoms with Crippen LogP contribution in [-0.2, 0) is 10.0 Å². The number of nitrogens with one attached hydrogen (secondary N) is 1. The molecule has 0 atom stereocenters. The molecule has 0 bridgehead atoms. The van der Waals surface area contributed by atoms with E-state index in [9.17, 15) is 17.6 Å². The highest BCUT2D eigenvalue weighted by molar-refractivity contribution is 7.93. The van der Waals surface area contributed by atoms with Crippen LogP contribution >= 0.6 is 11.5 Å². The molecular weight excluding hydrogens is 299 g/mol. The van der Waals surface area contributed by atoms with Crippen molar-refractivity contribution in [2.45, 2.75) is 4.90 Å². The quantitative estimate of drug-likeness (QED) is 0.846. The Labute approximate surface area is 110 Å². The molecule has 0 saturated carbocycles. The Balaban J connectivity index is 2.45. The van der Waals surface area contributed by atoms with Crippen LogP contribution in [0, 0.1) is 5.82 Å². The van der Waals surface area contributed by atoms with Crippen LogP contribution in [0.5, 0.6) is 0 Å². The highest BCUT2D eigenvalue weighted by atomic mass is 32.2. The number of nitrogens with zero attached hydrogens (tertiary/aromatic N) is 3. The zero-order chi connectivity index (χ0) is 14.0. The lowest BCUT2D eigenvalue weighted by Crippen LogP contribution is -2.15. The predicted molar refractivity (Wildman–Crippen MR) is 61.9 cm³/mol. The number of carboxylic acids is 1. The molecular formula is C8H5FN4O4S2. The molecule has 1 heterocycles. The number of aromatic carboxylic acids is 1. The predicted octanol–water partition coefficient (Wildman–Crippen LogP) is 0.571. The number of hydrogen-bond donors (Lipinski definition) is 2. The Kier molecular flexibility index (Phi) is 3.40. The van der Waals surface area contributed by atoms with Crippen LogP contribution in [0.1, 0.15) is 10.4 Å². The van der Waals surface area contributed by atoms with Crippen molar-refractivity contribution in [3.8, 4) is 0 Å². The summed E-state index contributed by atoms with van der Waals surface area (Å²) in [6, 6.07) is 2.44. The van der Waals surface area contributed by atoms with Gasteiger partial charge in [0.2, 0.25) is 5.13 Å². The van der Waals surface area contributed by atoms with Gasteiger partial charge in [0.1, 0.15) is 10.7 Å². The molecule has 0 spiro atoms. The third-order valence-electron chi connectivity index (χ3n) is 1.99. The maximum Gasteiger partial charge on any atom is 0.335 e. The van der Waals surface area contributed by atoms with Crippen molar-refractivity contribution in [3.05, 3.63) is 29.6 Å². The van der Waals surface area contributed by atoms with Crippen molar-refractivity contribution in [3.63, 3.8) is 0 Å². The second kappa shape index (κ2) is 4.85. The first-order valence-electron chi connectivity index (χ1n) is 4.61. The van der Waals surface area contributed by atoms with E-state index in [1.54, 1.807) is 0 Å². The van der Waals surface area contributed by atoms with Gasteiger partial charge in [0.15, 0.2) is 0 Å². The van der Waals surface area contributed by atoms with Gasteiger partial charge < -0.3 is 5.11 Å². The van der Waals surface area contributed by atoms with Crippen molar-refractivity contribution in [2.75, 3.05) is 4.72 Å². The van der Waals surface area contributed by atoms with Crippen LogP contribution < -0.4 is 4.72 Å². The topological polar surface area (TPSA) is 122 Å². The Bertz CT molecular complexity index is 716. The van der Waals surface area contributed by atoms with Crippen LogP contribution in [0.4, 0.5) is 9.52 Å². The normalized spacial score (nSPS) is 11.2. The average molecular weight is 304 g/mol. The van der Waals surface area contributed by atoms with Gasteiger partial charge in [0.05, 0.1) is 5.56 Å². The summed E-state index contributed by atoms with van der Waals surface area (Å²) in [5.74, 6) is -2.44. The number of aromatic nitrogens is 3. The summed E-state index contributed by atoms with van der Waals surface area (Å²) < 4.78 is 42.5. The molecule has 19 heavy (non-hydrogen) atoms. The van der Waals surface area contributed by atoms with Crippen LogP contribution in [-0.4, -0.2) is 34.3 Å². The van der Waals surface area contributed by atoms with Gasteiger partial charge >= 0.3 is 5.97 Å². The number of rotatable bonds is 4. The Morgan fingerprint density at radius 3 is 2.74 bits per heavy atom. The highest BCUT2D eigenvalue weighted by Gasteiger charge is 2.22. The monoisotopic (exact) mass is 304 g/mol. The Hall–Kier alpha value is -2.14. The molecule has 0 aliphatic heterocycles. The van der Waals surface area contributed by atoms with Gasteiger partial charge in [-0.3, -0.25) is 4.72 Å². The lowest BCUT2D eigenvalue weighted by atomic mass is 10.2. The molecule has 0 amide bonds. The fraction of sp³-hybridized carbons (Fsp3) is 0. The van der Waals surface area contributed by atoms with Crippen molar-refractivity contribution in [1.82, 2.24) is 14.8 Å². The first-order valence-corrected chi connectivity index (χ1v) is 6.86. The van der Waals surface area contributed by atoms with Crippen LogP contribution in [0.25, 0.3) is 0 Å². The molecule has 0 unspecified atom stereocenters. The number of carbonyl (C=O) groups is 1. The minimum Gasteiger partial charge on any atom is -0.478 e. The van der Waals surface area contributed by atoms with Gasteiger partial charge in [0.25, 0.3) is 10.0 Å². The van der Waals surface area contributed by atoms with E-state index in [4.69, 9.17) is 5.11 Å². The Morgan fingerprint density at radius 2 is 2.16 bits per heavy atom. The van der Waals surface area contributed by atoms with Crippen LogP contribution in [0.15, 0.2) is 23.1 Å².